The maximum absolute atomic E-state index is 13.0. The number of ketones is 1. The highest BCUT2D eigenvalue weighted by molar-refractivity contribution is 7.99. The van der Waals surface area contributed by atoms with Crippen LogP contribution in [-0.2, 0) is 10.2 Å². The number of likely N-dealkylation sites (N-methyl/N-ethyl adjacent to an activating group) is 1. The zero-order chi connectivity index (χ0) is 20.6. The molecule has 0 amide bonds. The molecule has 0 aliphatic carbocycles. The first-order valence-electron chi connectivity index (χ1n) is 9.17. The van der Waals surface area contributed by atoms with Crippen LogP contribution in [0.5, 0.6) is 0 Å². The van der Waals surface area contributed by atoms with Crippen LogP contribution in [-0.4, -0.2) is 28.8 Å². The van der Waals surface area contributed by atoms with E-state index in [0.29, 0.717) is 16.7 Å². The Kier molecular flexibility index (Phi) is 5.00. The largest absolute Gasteiger partial charge is 0.411 e. The van der Waals surface area contributed by atoms with Gasteiger partial charge in [-0.1, -0.05) is 43.8 Å². The summed E-state index contributed by atoms with van der Waals surface area (Å²) in [4.78, 5) is 14.7. The third-order valence-corrected chi connectivity index (χ3v) is 5.91. The Hall–Kier alpha value is -2.93. The van der Waals surface area contributed by atoms with E-state index in [1.807, 2.05) is 19.2 Å². The molecule has 0 bridgehead atoms. The molecule has 0 fully saturated rings. The van der Waals surface area contributed by atoms with E-state index in [1.165, 1.54) is 29.5 Å². The van der Waals surface area contributed by atoms with Gasteiger partial charge in [0.05, 0.1) is 5.75 Å². The van der Waals surface area contributed by atoms with Gasteiger partial charge in [-0.15, -0.1) is 10.2 Å². The summed E-state index contributed by atoms with van der Waals surface area (Å²) in [6, 6.07) is 14.0. The predicted octanol–water partition coefficient (Wildman–Crippen LogP) is 4.85. The highest BCUT2D eigenvalue weighted by atomic mass is 32.2. The molecule has 0 N–H and O–H groups in total. The van der Waals surface area contributed by atoms with Crippen molar-refractivity contribution in [2.45, 2.75) is 24.5 Å². The van der Waals surface area contributed by atoms with Gasteiger partial charge in [-0.2, -0.15) is 0 Å². The van der Waals surface area contributed by atoms with Crippen LogP contribution in [0.3, 0.4) is 0 Å². The molecule has 29 heavy (non-hydrogen) atoms. The number of aromatic nitrogens is 2. The lowest BCUT2D eigenvalue weighted by molar-refractivity contribution is -0.112. The van der Waals surface area contributed by atoms with Crippen LogP contribution in [0.1, 0.15) is 19.4 Å². The van der Waals surface area contributed by atoms with Gasteiger partial charge in [0.15, 0.2) is 5.78 Å². The summed E-state index contributed by atoms with van der Waals surface area (Å²) in [5, 5.41) is 8.23. The van der Waals surface area contributed by atoms with Crippen molar-refractivity contribution in [2.75, 3.05) is 17.7 Å². The van der Waals surface area contributed by atoms with Crippen molar-refractivity contribution >= 4 is 23.2 Å². The first-order chi connectivity index (χ1) is 13.9. The fourth-order valence-corrected chi connectivity index (χ4v) is 4.15. The molecule has 0 atom stereocenters. The number of anilines is 1. The van der Waals surface area contributed by atoms with Crippen molar-refractivity contribution in [3.63, 3.8) is 0 Å². The predicted molar refractivity (Wildman–Crippen MR) is 111 cm³/mol. The van der Waals surface area contributed by atoms with Gasteiger partial charge < -0.3 is 9.32 Å². The van der Waals surface area contributed by atoms with E-state index in [2.05, 4.69) is 41.1 Å². The Bertz CT molecular complexity index is 1090. The van der Waals surface area contributed by atoms with Crippen molar-refractivity contribution in [1.29, 1.82) is 0 Å². The Morgan fingerprint density at radius 1 is 1.17 bits per heavy atom. The Morgan fingerprint density at radius 3 is 2.62 bits per heavy atom. The average molecular weight is 409 g/mol. The Balaban J connectivity index is 1.45. The van der Waals surface area contributed by atoms with E-state index in [4.69, 9.17) is 4.42 Å². The number of allylic oxidation sites excluding steroid dienone is 2. The molecule has 0 saturated carbocycles. The number of para-hydroxylation sites is 1. The van der Waals surface area contributed by atoms with Crippen molar-refractivity contribution in [1.82, 2.24) is 10.2 Å². The van der Waals surface area contributed by atoms with Gasteiger partial charge in [-0.3, -0.25) is 4.79 Å². The average Bonchev–Trinajstić information content (AvgIpc) is 3.25. The number of hydrogen-bond acceptors (Lipinski definition) is 6. The maximum atomic E-state index is 13.0. The molecule has 2 aromatic carbocycles. The van der Waals surface area contributed by atoms with Crippen molar-refractivity contribution in [2.24, 2.45) is 0 Å². The Labute approximate surface area is 172 Å². The van der Waals surface area contributed by atoms with Gasteiger partial charge in [0.2, 0.25) is 5.89 Å². The van der Waals surface area contributed by atoms with Crippen LogP contribution in [0.25, 0.3) is 11.5 Å². The van der Waals surface area contributed by atoms with Gasteiger partial charge in [-0.25, -0.2) is 4.39 Å². The summed E-state index contributed by atoms with van der Waals surface area (Å²) in [5.41, 5.74) is 3.67. The quantitative estimate of drug-likeness (QED) is 0.444. The zero-order valence-electron chi connectivity index (χ0n) is 16.3. The standard InChI is InChI=1S/C22H20FN3O2S/c1-22(2)17-6-4-5-7-18(17)26(3)19(22)12-16(27)13-29-21-25-24-20(28-21)14-8-10-15(23)11-9-14/h4-12H,13H2,1-3H3/b19-12+. The first kappa shape index (κ1) is 19.4. The number of carbonyl (C=O) groups is 1. The molecule has 1 aromatic heterocycles. The second-order valence-electron chi connectivity index (χ2n) is 7.37. The molecule has 0 spiro atoms. The number of benzene rings is 2. The second-order valence-corrected chi connectivity index (χ2v) is 8.29. The molecule has 0 unspecified atom stereocenters. The second kappa shape index (κ2) is 7.48. The third-order valence-electron chi connectivity index (χ3n) is 5.07. The minimum Gasteiger partial charge on any atom is -0.411 e. The third kappa shape index (κ3) is 3.70. The first-order valence-corrected chi connectivity index (χ1v) is 10.2. The van der Waals surface area contributed by atoms with E-state index in [0.717, 1.165) is 11.4 Å². The zero-order valence-corrected chi connectivity index (χ0v) is 17.2. The number of nitrogens with zero attached hydrogens (tertiary/aromatic N) is 3. The fraction of sp³-hybridized carbons (Fsp3) is 0.227. The minimum absolute atomic E-state index is 0.0285. The van der Waals surface area contributed by atoms with Gasteiger partial charge in [0.25, 0.3) is 5.22 Å². The minimum atomic E-state index is -0.330. The number of carbonyl (C=O) groups excluding carboxylic acids is 1. The van der Waals surface area contributed by atoms with Crippen LogP contribution in [0.4, 0.5) is 10.1 Å². The van der Waals surface area contributed by atoms with Crippen LogP contribution in [0.2, 0.25) is 0 Å². The van der Waals surface area contributed by atoms with E-state index in [-0.39, 0.29) is 22.8 Å². The maximum Gasteiger partial charge on any atom is 0.277 e. The molecule has 4 rings (SSSR count). The lowest BCUT2D eigenvalue weighted by Crippen LogP contribution is -2.24. The lowest BCUT2D eigenvalue weighted by Gasteiger charge is -2.23. The van der Waals surface area contributed by atoms with E-state index < -0.39 is 0 Å². The monoisotopic (exact) mass is 409 g/mol. The normalized spacial score (nSPS) is 16.3. The molecule has 1 aliphatic rings. The summed E-state index contributed by atoms with van der Waals surface area (Å²) in [7, 11) is 1.98. The van der Waals surface area contributed by atoms with Gasteiger partial charge in [0.1, 0.15) is 5.82 Å². The molecular formula is C22H20FN3O2S. The smallest absolute Gasteiger partial charge is 0.277 e. The molecular weight excluding hydrogens is 389 g/mol. The van der Waals surface area contributed by atoms with Crippen molar-refractivity contribution < 1.29 is 13.6 Å². The summed E-state index contributed by atoms with van der Waals surface area (Å²) in [6.07, 6.45) is 1.70. The molecule has 7 heteroatoms. The van der Waals surface area contributed by atoms with Crippen LogP contribution in [0, 0.1) is 5.82 Å². The molecule has 1 aliphatic heterocycles. The van der Waals surface area contributed by atoms with Gasteiger partial charge >= 0.3 is 0 Å². The topological polar surface area (TPSA) is 59.2 Å². The fourth-order valence-electron chi connectivity index (χ4n) is 3.56. The molecule has 0 radical (unpaired) electrons. The molecule has 148 valence electrons. The van der Waals surface area contributed by atoms with Gasteiger partial charge in [0, 0.05) is 35.5 Å². The highest BCUT2D eigenvalue weighted by Crippen LogP contribution is 2.46. The Morgan fingerprint density at radius 2 is 1.90 bits per heavy atom. The van der Waals surface area contributed by atoms with Crippen LogP contribution in [0.15, 0.2) is 69.9 Å². The molecule has 3 aromatic rings. The molecule has 2 heterocycles. The summed E-state index contributed by atoms with van der Waals surface area (Å²) < 4.78 is 18.6. The SMILES string of the molecule is CN1/C(=C/C(=O)CSc2nnc(-c3ccc(F)cc3)o2)C(C)(C)c2ccccc21. The number of thioether (sulfide) groups is 1. The van der Waals surface area contributed by atoms with E-state index in [1.54, 1.807) is 18.2 Å². The number of fused-ring (bicyclic) bond motifs is 1. The molecule has 0 saturated heterocycles. The number of rotatable bonds is 5. The summed E-state index contributed by atoms with van der Waals surface area (Å²) in [5.74, 6) is 0.127. The van der Waals surface area contributed by atoms with E-state index >= 15 is 0 Å². The van der Waals surface area contributed by atoms with Crippen molar-refractivity contribution in [3.05, 3.63) is 71.7 Å². The lowest BCUT2D eigenvalue weighted by atomic mass is 9.83. The molecule has 5 nitrogen and oxygen atoms in total. The van der Waals surface area contributed by atoms with Crippen LogP contribution < -0.4 is 4.90 Å². The number of hydrogen-bond donors (Lipinski definition) is 0. The van der Waals surface area contributed by atoms with Gasteiger partial charge in [-0.05, 0) is 35.9 Å². The van der Waals surface area contributed by atoms with Crippen molar-refractivity contribution in [3.8, 4) is 11.5 Å². The van der Waals surface area contributed by atoms with Crippen LogP contribution >= 0.6 is 11.8 Å². The number of halogens is 1. The van der Waals surface area contributed by atoms with E-state index in [9.17, 15) is 9.18 Å². The summed E-state index contributed by atoms with van der Waals surface area (Å²) in [6.45, 7) is 4.24. The summed E-state index contributed by atoms with van der Waals surface area (Å²) >= 11 is 1.19. The highest BCUT2D eigenvalue weighted by Gasteiger charge is 2.38.